The standard InChI is InChI=1S/C10H12O5.C7H6O3/c1-13-6-4-7(14-2)9(10(11)12)8(5-6)15-3;8-6-4-2-1-3-5(6)7(9)10/h4-5H,1-3H3,(H,11,12);1-4,8H,(H,9,10). The minimum atomic E-state index is -1.11. The van der Waals surface area contributed by atoms with Gasteiger partial charge in [0.2, 0.25) is 0 Å². The van der Waals surface area contributed by atoms with Gasteiger partial charge in [-0.05, 0) is 12.1 Å². The third kappa shape index (κ3) is 5.03. The lowest BCUT2D eigenvalue weighted by atomic mass is 10.1. The number of benzene rings is 2. The lowest BCUT2D eigenvalue weighted by Crippen LogP contribution is -2.04. The van der Waals surface area contributed by atoms with Crippen LogP contribution < -0.4 is 14.2 Å². The summed E-state index contributed by atoms with van der Waals surface area (Å²) < 4.78 is 14.9. The van der Waals surface area contributed by atoms with Gasteiger partial charge in [0.1, 0.15) is 34.1 Å². The number of phenols is 1. The van der Waals surface area contributed by atoms with Gasteiger partial charge in [0.15, 0.2) is 0 Å². The minimum absolute atomic E-state index is 0.0131. The molecule has 0 bridgehead atoms. The Labute approximate surface area is 143 Å². The zero-order valence-corrected chi connectivity index (χ0v) is 13.8. The number of carboxylic acids is 2. The molecule has 0 saturated heterocycles. The van der Waals surface area contributed by atoms with E-state index < -0.39 is 11.9 Å². The molecule has 8 heteroatoms. The van der Waals surface area contributed by atoms with Crippen molar-refractivity contribution in [2.45, 2.75) is 0 Å². The van der Waals surface area contributed by atoms with Crippen LogP contribution in [0.2, 0.25) is 0 Å². The molecule has 2 aromatic carbocycles. The minimum Gasteiger partial charge on any atom is -0.507 e. The number of aromatic hydroxyl groups is 1. The molecule has 2 aromatic rings. The van der Waals surface area contributed by atoms with Crippen LogP contribution in [0.5, 0.6) is 23.0 Å². The van der Waals surface area contributed by atoms with Crippen LogP contribution in [-0.4, -0.2) is 48.6 Å². The molecule has 0 spiro atoms. The van der Waals surface area contributed by atoms with Crippen LogP contribution in [0.15, 0.2) is 36.4 Å². The summed E-state index contributed by atoms with van der Waals surface area (Å²) in [6, 6.07) is 8.80. The van der Waals surface area contributed by atoms with Gasteiger partial charge in [-0.25, -0.2) is 9.59 Å². The van der Waals surface area contributed by atoms with Crippen LogP contribution in [0.3, 0.4) is 0 Å². The van der Waals surface area contributed by atoms with Crippen molar-refractivity contribution in [3.05, 3.63) is 47.5 Å². The first-order valence-electron chi connectivity index (χ1n) is 6.90. The maximum atomic E-state index is 11.0. The van der Waals surface area contributed by atoms with Gasteiger partial charge in [0.25, 0.3) is 0 Å². The molecule has 0 aromatic heterocycles. The lowest BCUT2D eigenvalue weighted by Gasteiger charge is -2.11. The Morgan fingerprint density at radius 1 is 0.840 bits per heavy atom. The van der Waals surface area contributed by atoms with E-state index in [2.05, 4.69) is 0 Å². The summed E-state index contributed by atoms with van der Waals surface area (Å²) in [5, 5.41) is 26.3. The number of hydrogen-bond acceptors (Lipinski definition) is 6. The van der Waals surface area contributed by atoms with Crippen molar-refractivity contribution in [3.8, 4) is 23.0 Å². The van der Waals surface area contributed by atoms with Gasteiger partial charge in [-0.2, -0.15) is 0 Å². The molecule has 0 unspecified atom stereocenters. The molecule has 0 heterocycles. The first-order chi connectivity index (χ1) is 11.8. The van der Waals surface area contributed by atoms with Crippen LogP contribution in [0.25, 0.3) is 0 Å². The predicted octanol–water partition coefficient (Wildman–Crippen LogP) is 2.50. The van der Waals surface area contributed by atoms with Gasteiger partial charge in [-0.3, -0.25) is 0 Å². The second kappa shape index (κ2) is 9.02. The number of rotatable bonds is 5. The maximum absolute atomic E-state index is 11.0. The molecular weight excluding hydrogens is 332 g/mol. The molecule has 0 aliphatic carbocycles. The average Bonchev–Trinajstić information content (AvgIpc) is 2.60. The van der Waals surface area contributed by atoms with E-state index in [1.807, 2.05) is 0 Å². The second-order valence-electron chi connectivity index (χ2n) is 4.53. The predicted molar refractivity (Wildman–Crippen MR) is 88.1 cm³/mol. The third-order valence-corrected chi connectivity index (χ3v) is 3.06. The highest BCUT2D eigenvalue weighted by Crippen LogP contribution is 2.33. The third-order valence-electron chi connectivity index (χ3n) is 3.06. The number of methoxy groups -OCH3 is 3. The van der Waals surface area contributed by atoms with Gasteiger partial charge < -0.3 is 29.5 Å². The fourth-order valence-corrected chi connectivity index (χ4v) is 1.87. The van der Waals surface area contributed by atoms with Crippen molar-refractivity contribution in [2.75, 3.05) is 21.3 Å². The van der Waals surface area contributed by atoms with Gasteiger partial charge in [-0.15, -0.1) is 0 Å². The van der Waals surface area contributed by atoms with Crippen molar-refractivity contribution in [1.29, 1.82) is 0 Å². The van der Waals surface area contributed by atoms with Gasteiger partial charge in [-0.1, -0.05) is 12.1 Å². The fraction of sp³-hybridized carbons (Fsp3) is 0.176. The van der Waals surface area contributed by atoms with Crippen molar-refractivity contribution in [1.82, 2.24) is 0 Å². The highest BCUT2D eigenvalue weighted by Gasteiger charge is 2.19. The first kappa shape index (κ1) is 19.6. The van der Waals surface area contributed by atoms with E-state index in [-0.39, 0.29) is 28.4 Å². The summed E-state index contributed by atoms with van der Waals surface area (Å²) in [4.78, 5) is 21.2. The largest absolute Gasteiger partial charge is 0.507 e. The van der Waals surface area contributed by atoms with Crippen molar-refractivity contribution in [3.63, 3.8) is 0 Å². The summed E-state index contributed by atoms with van der Waals surface area (Å²) in [6.07, 6.45) is 0. The topological polar surface area (TPSA) is 123 Å². The van der Waals surface area contributed by atoms with Crippen LogP contribution in [-0.2, 0) is 0 Å². The van der Waals surface area contributed by atoms with E-state index in [4.69, 9.17) is 29.5 Å². The normalized spacial score (nSPS) is 9.40. The summed E-state index contributed by atoms with van der Waals surface area (Å²) in [7, 11) is 4.26. The van der Waals surface area contributed by atoms with Crippen LogP contribution in [0, 0.1) is 0 Å². The zero-order valence-electron chi connectivity index (χ0n) is 13.8. The number of hydrogen-bond donors (Lipinski definition) is 3. The Balaban J connectivity index is 0.000000271. The Morgan fingerprint density at radius 2 is 1.36 bits per heavy atom. The molecule has 8 nitrogen and oxygen atoms in total. The Bertz CT molecular complexity index is 729. The summed E-state index contributed by atoms with van der Waals surface area (Å²) in [5.41, 5.74) is -0.0803. The number of para-hydroxylation sites is 1. The molecule has 25 heavy (non-hydrogen) atoms. The monoisotopic (exact) mass is 350 g/mol. The SMILES string of the molecule is COc1cc(OC)c(C(=O)O)c(OC)c1.O=C(O)c1ccccc1O. The summed E-state index contributed by atoms with van der Waals surface area (Å²) in [6.45, 7) is 0. The smallest absolute Gasteiger partial charge is 0.343 e. The van der Waals surface area contributed by atoms with E-state index in [1.54, 1.807) is 12.1 Å². The Kier molecular flexibility index (Phi) is 7.08. The average molecular weight is 350 g/mol. The first-order valence-corrected chi connectivity index (χ1v) is 6.90. The van der Waals surface area contributed by atoms with Crippen LogP contribution in [0.1, 0.15) is 20.7 Å². The quantitative estimate of drug-likeness (QED) is 0.752. The van der Waals surface area contributed by atoms with Crippen molar-refractivity contribution < 1.29 is 39.1 Å². The van der Waals surface area contributed by atoms with Crippen molar-refractivity contribution >= 4 is 11.9 Å². The molecule has 0 amide bonds. The molecular formula is C17H18O8. The van der Waals surface area contributed by atoms with Crippen molar-refractivity contribution in [2.24, 2.45) is 0 Å². The molecule has 0 aliphatic heterocycles. The fourth-order valence-electron chi connectivity index (χ4n) is 1.87. The van der Waals surface area contributed by atoms with Crippen LogP contribution >= 0.6 is 0 Å². The molecule has 0 radical (unpaired) electrons. The van der Waals surface area contributed by atoms with E-state index >= 15 is 0 Å². The second-order valence-corrected chi connectivity index (χ2v) is 4.53. The molecule has 2 rings (SSSR count). The zero-order chi connectivity index (χ0) is 19.0. The van der Waals surface area contributed by atoms with E-state index in [0.717, 1.165) is 0 Å². The van der Waals surface area contributed by atoms with Gasteiger partial charge >= 0.3 is 11.9 Å². The highest BCUT2D eigenvalue weighted by atomic mass is 16.5. The van der Waals surface area contributed by atoms with Gasteiger partial charge in [0.05, 0.1) is 21.3 Å². The van der Waals surface area contributed by atoms with E-state index in [0.29, 0.717) is 5.75 Å². The molecule has 134 valence electrons. The molecule has 0 saturated carbocycles. The lowest BCUT2D eigenvalue weighted by molar-refractivity contribution is 0.0680. The molecule has 0 aliphatic rings. The summed E-state index contributed by atoms with van der Waals surface area (Å²) in [5.74, 6) is -1.52. The van der Waals surface area contributed by atoms with E-state index in [9.17, 15) is 9.59 Å². The van der Waals surface area contributed by atoms with Crippen LogP contribution in [0.4, 0.5) is 0 Å². The molecule has 0 atom stereocenters. The number of aromatic carboxylic acids is 2. The Morgan fingerprint density at radius 3 is 1.68 bits per heavy atom. The van der Waals surface area contributed by atoms with Gasteiger partial charge in [0, 0.05) is 12.1 Å². The highest BCUT2D eigenvalue weighted by molar-refractivity contribution is 5.94. The summed E-state index contributed by atoms with van der Waals surface area (Å²) >= 11 is 0. The number of carboxylic acid groups (broad SMARTS) is 2. The maximum Gasteiger partial charge on any atom is 0.343 e. The number of ether oxygens (including phenoxy) is 3. The number of carbonyl (C=O) groups is 2. The Hall–Kier alpha value is -3.42. The van der Waals surface area contributed by atoms with E-state index in [1.165, 1.54) is 45.6 Å². The molecule has 0 fully saturated rings. The molecule has 3 N–H and O–H groups in total.